The van der Waals surface area contributed by atoms with Crippen LogP contribution in [0.15, 0.2) is 34.7 Å². The zero-order chi connectivity index (χ0) is 15.1. The Balaban J connectivity index is 2.31. The molecule has 0 bridgehead atoms. The summed E-state index contributed by atoms with van der Waals surface area (Å²) in [4.78, 5) is 0. The molecule has 5 heteroatoms. The highest BCUT2D eigenvalue weighted by atomic mass is 35.5. The first-order valence-electron chi connectivity index (χ1n) is 6.64. The van der Waals surface area contributed by atoms with Crippen molar-refractivity contribution in [2.24, 2.45) is 7.05 Å². The molecule has 0 saturated carbocycles. The zero-order valence-electron chi connectivity index (χ0n) is 12.1. The van der Waals surface area contributed by atoms with Crippen molar-refractivity contribution in [3.05, 3.63) is 46.9 Å². The molecule has 2 heterocycles. The Morgan fingerprint density at radius 1 is 1.19 bits per heavy atom. The van der Waals surface area contributed by atoms with Crippen LogP contribution in [0.3, 0.4) is 0 Å². The number of nitrogens with two attached hydrogens (primary N) is 1. The number of rotatable bonds is 2. The number of halogens is 1. The second kappa shape index (κ2) is 4.97. The molecule has 0 atom stereocenters. The van der Waals surface area contributed by atoms with Crippen molar-refractivity contribution in [3.63, 3.8) is 0 Å². The van der Waals surface area contributed by atoms with Crippen molar-refractivity contribution in [1.82, 2.24) is 9.78 Å². The summed E-state index contributed by atoms with van der Waals surface area (Å²) in [6, 6.07) is 9.59. The molecule has 4 nitrogen and oxygen atoms in total. The normalized spacial score (nSPS) is 11.0. The molecule has 1 aromatic carbocycles. The summed E-state index contributed by atoms with van der Waals surface area (Å²) in [5, 5.41) is 5.19. The van der Waals surface area contributed by atoms with Gasteiger partial charge < -0.3 is 10.2 Å². The summed E-state index contributed by atoms with van der Waals surface area (Å²) in [7, 11) is 1.82. The average Bonchev–Trinajstić information content (AvgIpc) is 2.91. The van der Waals surface area contributed by atoms with E-state index in [-0.39, 0.29) is 0 Å². The second-order valence-corrected chi connectivity index (χ2v) is 5.45. The Bertz CT molecular complexity index is 817. The van der Waals surface area contributed by atoms with Crippen LogP contribution in [-0.4, -0.2) is 9.78 Å². The van der Waals surface area contributed by atoms with E-state index >= 15 is 0 Å². The summed E-state index contributed by atoms with van der Waals surface area (Å²) in [5.41, 5.74) is 9.65. The van der Waals surface area contributed by atoms with E-state index in [9.17, 15) is 0 Å². The minimum Gasteiger partial charge on any atom is -0.466 e. The van der Waals surface area contributed by atoms with Crippen molar-refractivity contribution >= 4 is 17.4 Å². The fraction of sp³-hybridized carbons (Fsp3) is 0.188. The Morgan fingerprint density at radius 3 is 2.52 bits per heavy atom. The highest BCUT2D eigenvalue weighted by Crippen LogP contribution is 2.40. The number of aryl methyl sites for hydroxylation is 3. The Hall–Kier alpha value is -2.20. The van der Waals surface area contributed by atoms with Crippen LogP contribution in [0, 0.1) is 13.8 Å². The van der Waals surface area contributed by atoms with Crippen molar-refractivity contribution < 1.29 is 4.42 Å². The molecule has 0 amide bonds. The molecule has 0 aliphatic heterocycles. The van der Waals surface area contributed by atoms with Gasteiger partial charge in [0.2, 0.25) is 0 Å². The Kier molecular flexibility index (Phi) is 3.26. The third-order valence-corrected chi connectivity index (χ3v) is 3.86. The van der Waals surface area contributed by atoms with Crippen molar-refractivity contribution in [3.8, 4) is 22.4 Å². The largest absolute Gasteiger partial charge is 0.466 e. The van der Waals surface area contributed by atoms with E-state index in [1.807, 2.05) is 51.2 Å². The SMILES string of the molecule is Cc1cc(-c2nn(C)c(N)c2-c2ccccc2Cl)c(C)o1. The maximum absolute atomic E-state index is 6.33. The third kappa shape index (κ3) is 2.21. The van der Waals surface area contributed by atoms with Gasteiger partial charge in [0.05, 0.1) is 5.56 Å². The van der Waals surface area contributed by atoms with Gasteiger partial charge in [-0.1, -0.05) is 29.8 Å². The van der Waals surface area contributed by atoms with E-state index in [0.29, 0.717) is 10.8 Å². The topological polar surface area (TPSA) is 57.0 Å². The summed E-state index contributed by atoms with van der Waals surface area (Å²) in [6.45, 7) is 3.83. The number of nitrogen functional groups attached to an aromatic ring is 1. The van der Waals surface area contributed by atoms with Crippen LogP contribution in [0.4, 0.5) is 5.82 Å². The van der Waals surface area contributed by atoms with E-state index in [4.69, 9.17) is 21.8 Å². The van der Waals surface area contributed by atoms with Gasteiger partial charge in [0.1, 0.15) is 23.0 Å². The highest BCUT2D eigenvalue weighted by Gasteiger charge is 2.22. The fourth-order valence-electron chi connectivity index (χ4n) is 2.52. The lowest BCUT2D eigenvalue weighted by Crippen LogP contribution is -1.98. The number of anilines is 1. The third-order valence-electron chi connectivity index (χ3n) is 3.53. The van der Waals surface area contributed by atoms with Crippen LogP contribution >= 0.6 is 11.6 Å². The molecular weight excluding hydrogens is 286 g/mol. The highest BCUT2D eigenvalue weighted by molar-refractivity contribution is 6.33. The summed E-state index contributed by atoms with van der Waals surface area (Å²) in [6.07, 6.45) is 0. The molecular formula is C16H16ClN3O. The van der Waals surface area contributed by atoms with Crippen LogP contribution in [0.25, 0.3) is 22.4 Å². The van der Waals surface area contributed by atoms with Crippen molar-refractivity contribution in [2.75, 3.05) is 5.73 Å². The molecule has 108 valence electrons. The predicted molar refractivity (Wildman–Crippen MR) is 85.2 cm³/mol. The molecule has 3 rings (SSSR count). The van der Waals surface area contributed by atoms with Crippen LogP contribution in [0.5, 0.6) is 0 Å². The summed E-state index contributed by atoms with van der Waals surface area (Å²) < 4.78 is 7.28. The molecule has 0 saturated heterocycles. The number of hydrogen-bond donors (Lipinski definition) is 1. The number of aromatic nitrogens is 2. The minimum absolute atomic E-state index is 0.580. The van der Waals surface area contributed by atoms with Crippen LogP contribution in [0.1, 0.15) is 11.5 Å². The smallest absolute Gasteiger partial charge is 0.129 e. The van der Waals surface area contributed by atoms with Gasteiger partial charge in [-0.25, -0.2) is 0 Å². The standard InChI is InChI=1S/C16H16ClN3O/c1-9-8-12(10(2)21-9)15-14(16(18)20(3)19-15)11-6-4-5-7-13(11)17/h4-8H,18H2,1-3H3. The monoisotopic (exact) mass is 301 g/mol. The first kappa shape index (κ1) is 13.8. The van der Waals surface area contributed by atoms with E-state index < -0.39 is 0 Å². The van der Waals surface area contributed by atoms with Crippen LogP contribution in [-0.2, 0) is 7.05 Å². The van der Waals surface area contributed by atoms with Gasteiger partial charge in [0.25, 0.3) is 0 Å². The second-order valence-electron chi connectivity index (χ2n) is 5.04. The molecule has 0 spiro atoms. The van der Waals surface area contributed by atoms with E-state index in [0.717, 1.165) is 33.9 Å². The number of hydrogen-bond acceptors (Lipinski definition) is 3. The molecule has 21 heavy (non-hydrogen) atoms. The summed E-state index contributed by atoms with van der Waals surface area (Å²) in [5.74, 6) is 2.24. The molecule has 3 aromatic rings. The van der Waals surface area contributed by atoms with Crippen molar-refractivity contribution in [1.29, 1.82) is 0 Å². The Morgan fingerprint density at radius 2 is 1.90 bits per heavy atom. The molecule has 0 aliphatic rings. The maximum Gasteiger partial charge on any atom is 0.129 e. The van der Waals surface area contributed by atoms with Gasteiger partial charge in [-0.15, -0.1) is 0 Å². The lowest BCUT2D eigenvalue weighted by molar-refractivity contribution is 0.505. The van der Waals surface area contributed by atoms with Gasteiger partial charge in [-0.05, 0) is 26.0 Å². The first-order chi connectivity index (χ1) is 9.99. The average molecular weight is 302 g/mol. The fourth-order valence-corrected chi connectivity index (χ4v) is 2.75. The minimum atomic E-state index is 0.580. The number of furan rings is 1. The van der Waals surface area contributed by atoms with Gasteiger partial charge >= 0.3 is 0 Å². The molecule has 2 N–H and O–H groups in total. The molecule has 0 aliphatic carbocycles. The van der Waals surface area contributed by atoms with Crippen LogP contribution < -0.4 is 5.73 Å². The van der Waals surface area contributed by atoms with Gasteiger partial charge in [-0.2, -0.15) is 5.10 Å². The molecule has 2 aromatic heterocycles. The molecule has 0 unspecified atom stereocenters. The van der Waals surface area contributed by atoms with Crippen molar-refractivity contribution in [2.45, 2.75) is 13.8 Å². The van der Waals surface area contributed by atoms with Crippen LogP contribution in [0.2, 0.25) is 5.02 Å². The molecule has 0 fully saturated rings. The van der Waals surface area contributed by atoms with Gasteiger partial charge in [0.15, 0.2) is 0 Å². The summed E-state index contributed by atoms with van der Waals surface area (Å²) >= 11 is 6.33. The van der Waals surface area contributed by atoms with E-state index in [1.165, 1.54) is 0 Å². The lowest BCUT2D eigenvalue weighted by Gasteiger charge is -2.05. The molecule has 0 radical (unpaired) electrons. The van der Waals surface area contributed by atoms with Gasteiger partial charge in [-0.3, -0.25) is 4.68 Å². The van der Waals surface area contributed by atoms with Gasteiger partial charge in [0, 0.05) is 23.2 Å². The zero-order valence-corrected chi connectivity index (χ0v) is 12.9. The number of nitrogens with zero attached hydrogens (tertiary/aromatic N) is 2. The van der Waals surface area contributed by atoms with E-state index in [1.54, 1.807) is 4.68 Å². The lowest BCUT2D eigenvalue weighted by atomic mass is 10.0. The Labute approximate surface area is 128 Å². The quantitative estimate of drug-likeness (QED) is 0.771. The predicted octanol–water partition coefficient (Wildman–Crippen LogP) is 4.20. The maximum atomic E-state index is 6.33. The van der Waals surface area contributed by atoms with E-state index in [2.05, 4.69) is 5.10 Å². The first-order valence-corrected chi connectivity index (χ1v) is 7.01. The number of benzene rings is 1.